The molecular formula is C6H5Cl2NS. The molecule has 0 atom stereocenters. The van der Waals surface area contributed by atoms with Crippen molar-refractivity contribution in [3.63, 3.8) is 0 Å². The highest BCUT2D eigenvalue weighted by Crippen LogP contribution is 2.23. The van der Waals surface area contributed by atoms with E-state index in [4.69, 9.17) is 23.2 Å². The monoisotopic (exact) mass is 193 g/mol. The Kier molecular flexibility index (Phi) is 2.83. The molecule has 1 nitrogen and oxygen atoms in total. The smallest absolute Gasteiger partial charge is 0.0644 e. The standard InChI is InChI=1S/C6H5Cl2NS/c7-5-1-9-2-6(8)4(5)3-10/h1-2,10H,3H2. The number of hydrogen-bond acceptors (Lipinski definition) is 2. The van der Waals surface area contributed by atoms with Crippen LogP contribution in [0.15, 0.2) is 12.4 Å². The molecule has 0 unspecified atom stereocenters. The SMILES string of the molecule is SCc1c(Cl)cncc1Cl. The molecule has 4 heteroatoms. The van der Waals surface area contributed by atoms with E-state index in [0.29, 0.717) is 15.8 Å². The third-order valence-electron chi connectivity index (χ3n) is 1.11. The van der Waals surface area contributed by atoms with Crippen LogP contribution in [0, 0.1) is 0 Å². The summed E-state index contributed by atoms with van der Waals surface area (Å²) < 4.78 is 0. The Morgan fingerprint density at radius 1 is 1.30 bits per heavy atom. The molecular weight excluding hydrogens is 189 g/mol. The van der Waals surface area contributed by atoms with Crippen molar-refractivity contribution in [2.45, 2.75) is 5.75 Å². The molecule has 0 aliphatic carbocycles. The molecule has 1 heterocycles. The van der Waals surface area contributed by atoms with E-state index >= 15 is 0 Å². The number of rotatable bonds is 1. The van der Waals surface area contributed by atoms with Crippen molar-refractivity contribution in [3.8, 4) is 0 Å². The van der Waals surface area contributed by atoms with Crippen molar-refractivity contribution < 1.29 is 0 Å². The lowest BCUT2D eigenvalue weighted by Gasteiger charge is -1.99. The zero-order chi connectivity index (χ0) is 7.56. The minimum absolute atomic E-state index is 0.542. The molecule has 0 spiro atoms. The minimum Gasteiger partial charge on any atom is -0.262 e. The number of aromatic nitrogens is 1. The number of hydrogen-bond donors (Lipinski definition) is 1. The van der Waals surface area contributed by atoms with Crippen molar-refractivity contribution in [1.29, 1.82) is 0 Å². The molecule has 0 bridgehead atoms. The fraction of sp³-hybridized carbons (Fsp3) is 0.167. The van der Waals surface area contributed by atoms with Gasteiger partial charge < -0.3 is 0 Å². The van der Waals surface area contributed by atoms with E-state index in [1.54, 1.807) is 12.4 Å². The Morgan fingerprint density at radius 3 is 2.10 bits per heavy atom. The van der Waals surface area contributed by atoms with Crippen LogP contribution >= 0.6 is 35.8 Å². The maximum Gasteiger partial charge on any atom is 0.0644 e. The van der Waals surface area contributed by atoms with Gasteiger partial charge in [-0.15, -0.1) is 0 Å². The molecule has 10 heavy (non-hydrogen) atoms. The summed E-state index contributed by atoms with van der Waals surface area (Å²) in [6, 6.07) is 0. The molecule has 0 N–H and O–H groups in total. The molecule has 0 amide bonds. The van der Waals surface area contributed by atoms with Crippen LogP contribution in [0.1, 0.15) is 5.56 Å². The Labute approximate surface area is 74.8 Å². The van der Waals surface area contributed by atoms with Gasteiger partial charge in [-0.1, -0.05) is 23.2 Å². The van der Waals surface area contributed by atoms with Crippen LogP contribution in [-0.2, 0) is 5.75 Å². The quantitative estimate of drug-likeness (QED) is 0.678. The average molecular weight is 194 g/mol. The molecule has 1 aromatic heterocycles. The molecule has 1 rings (SSSR count). The van der Waals surface area contributed by atoms with Crippen molar-refractivity contribution in [3.05, 3.63) is 28.0 Å². The number of halogens is 2. The zero-order valence-corrected chi connectivity index (χ0v) is 7.42. The predicted molar refractivity (Wildman–Crippen MR) is 46.9 cm³/mol. The van der Waals surface area contributed by atoms with E-state index in [-0.39, 0.29) is 0 Å². The summed E-state index contributed by atoms with van der Waals surface area (Å²) in [5, 5.41) is 1.14. The fourth-order valence-electron chi connectivity index (χ4n) is 0.589. The van der Waals surface area contributed by atoms with Crippen molar-refractivity contribution in [2.24, 2.45) is 0 Å². The predicted octanol–water partition coefficient (Wildman–Crippen LogP) is 2.82. The Hall–Kier alpha value is 0.0800. The topological polar surface area (TPSA) is 12.9 Å². The van der Waals surface area contributed by atoms with Gasteiger partial charge in [0.15, 0.2) is 0 Å². The van der Waals surface area contributed by atoms with E-state index in [1.165, 1.54) is 0 Å². The second-order valence-corrected chi connectivity index (χ2v) is 2.87. The summed E-state index contributed by atoms with van der Waals surface area (Å²) in [5.41, 5.74) is 0.835. The van der Waals surface area contributed by atoms with Crippen LogP contribution in [0.2, 0.25) is 10.0 Å². The van der Waals surface area contributed by atoms with E-state index in [2.05, 4.69) is 17.6 Å². The lowest BCUT2D eigenvalue weighted by Crippen LogP contribution is -1.83. The molecule has 0 aliphatic rings. The maximum atomic E-state index is 5.73. The Bertz CT molecular complexity index is 219. The van der Waals surface area contributed by atoms with Gasteiger partial charge in [-0.3, -0.25) is 4.98 Å². The first-order valence-corrected chi connectivity index (χ1v) is 4.03. The van der Waals surface area contributed by atoms with E-state index in [9.17, 15) is 0 Å². The average Bonchev–Trinajstić information content (AvgIpc) is 1.88. The van der Waals surface area contributed by atoms with Gasteiger partial charge in [-0.2, -0.15) is 12.6 Å². The number of pyridine rings is 1. The highest BCUT2D eigenvalue weighted by atomic mass is 35.5. The summed E-state index contributed by atoms with van der Waals surface area (Å²) in [5.74, 6) is 0.542. The van der Waals surface area contributed by atoms with Crippen LogP contribution in [0.3, 0.4) is 0 Å². The van der Waals surface area contributed by atoms with Gasteiger partial charge in [0, 0.05) is 23.7 Å². The molecule has 0 radical (unpaired) electrons. The highest BCUT2D eigenvalue weighted by Gasteiger charge is 2.02. The van der Waals surface area contributed by atoms with Crippen LogP contribution < -0.4 is 0 Å². The number of nitrogens with zero attached hydrogens (tertiary/aromatic N) is 1. The van der Waals surface area contributed by atoms with E-state index in [1.807, 2.05) is 0 Å². The molecule has 0 aromatic carbocycles. The molecule has 54 valence electrons. The third kappa shape index (κ3) is 1.57. The normalized spacial score (nSPS) is 9.90. The molecule has 1 aromatic rings. The summed E-state index contributed by atoms with van der Waals surface area (Å²) in [6.07, 6.45) is 3.11. The lowest BCUT2D eigenvalue weighted by atomic mass is 10.3. The van der Waals surface area contributed by atoms with E-state index in [0.717, 1.165) is 5.56 Å². The summed E-state index contributed by atoms with van der Waals surface area (Å²) in [7, 11) is 0. The first-order chi connectivity index (χ1) is 4.75. The van der Waals surface area contributed by atoms with Gasteiger partial charge in [0.05, 0.1) is 10.0 Å². The minimum atomic E-state index is 0.542. The van der Waals surface area contributed by atoms with Crippen LogP contribution in [0.5, 0.6) is 0 Å². The summed E-state index contributed by atoms with van der Waals surface area (Å²) >= 11 is 15.5. The molecule has 0 aliphatic heterocycles. The lowest BCUT2D eigenvalue weighted by molar-refractivity contribution is 1.27. The van der Waals surface area contributed by atoms with Gasteiger partial charge in [-0.25, -0.2) is 0 Å². The van der Waals surface area contributed by atoms with Gasteiger partial charge in [0.25, 0.3) is 0 Å². The van der Waals surface area contributed by atoms with Gasteiger partial charge in [-0.05, 0) is 0 Å². The Morgan fingerprint density at radius 2 is 1.80 bits per heavy atom. The molecule has 0 saturated carbocycles. The summed E-state index contributed by atoms with van der Waals surface area (Å²) in [6.45, 7) is 0. The molecule has 0 saturated heterocycles. The van der Waals surface area contributed by atoms with Gasteiger partial charge >= 0.3 is 0 Å². The van der Waals surface area contributed by atoms with Gasteiger partial charge in [0.2, 0.25) is 0 Å². The first-order valence-electron chi connectivity index (χ1n) is 2.64. The Balaban J connectivity index is 3.17. The van der Waals surface area contributed by atoms with Crippen LogP contribution in [0.4, 0.5) is 0 Å². The van der Waals surface area contributed by atoms with E-state index < -0.39 is 0 Å². The van der Waals surface area contributed by atoms with Crippen molar-refractivity contribution >= 4 is 35.8 Å². The zero-order valence-electron chi connectivity index (χ0n) is 5.01. The van der Waals surface area contributed by atoms with Crippen molar-refractivity contribution in [2.75, 3.05) is 0 Å². The van der Waals surface area contributed by atoms with Gasteiger partial charge in [0.1, 0.15) is 0 Å². The largest absolute Gasteiger partial charge is 0.262 e. The fourth-order valence-corrected chi connectivity index (χ4v) is 1.61. The first kappa shape index (κ1) is 8.18. The highest BCUT2D eigenvalue weighted by molar-refractivity contribution is 7.79. The molecule has 0 fully saturated rings. The second kappa shape index (κ2) is 3.46. The van der Waals surface area contributed by atoms with Crippen LogP contribution in [-0.4, -0.2) is 4.98 Å². The van der Waals surface area contributed by atoms with Crippen LogP contribution in [0.25, 0.3) is 0 Å². The maximum absolute atomic E-state index is 5.73. The second-order valence-electron chi connectivity index (χ2n) is 1.74. The number of thiol groups is 1. The summed E-state index contributed by atoms with van der Waals surface area (Å²) in [4.78, 5) is 3.79. The third-order valence-corrected chi connectivity index (χ3v) is 2.08. The van der Waals surface area contributed by atoms with Crippen molar-refractivity contribution in [1.82, 2.24) is 4.98 Å².